The summed E-state index contributed by atoms with van der Waals surface area (Å²) in [7, 11) is 0. The molecule has 3 aromatic rings. The lowest BCUT2D eigenvalue weighted by atomic mass is 10.2. The van der Waals surface area contributed by atoms with Crippen molar-refractivity contribution in [2.75, 3.05) is 36.4 Å². The number of amides is 2. The Morgan fingerprint density at radius 2 is 1.67 bits per heavy atom. The maximum atomic E-state index is 12.7. The van der Waals surface area contributed by atoms with Crippen LogP contribution >= 0.6 is 0 Å². The molecular formula is C23H25N5O2. The van der Waals surface area contributed by atoms with Gasteiger partial charge in [0.2, 0.25) is 0 Å². The first kappa shape index (κ1) is 19.7. The van der Waals surface area contributed by atoms with Crippen LogP contribution in [-0.4, -0.2) is 46.9 Å². The van der Waals surface area contributed by atoms with Gasteiger partial charge in [-0.15, -0.1) is 5.10 Å². The first-order valence-corrected chi connectivity index (χ1v) is 10.1. The quantitative estimate of drug-likeness (QED) is 0.729. The first-order chi connectivity index (χ1) is 14.6. The number of aryl methyl sites for hydroxylation is 1. The van der Waals surface area contributed by atoms with E-state index >= 15 is 0 Å². The van der Waals surface area contributed by atoms with E-state index in [1.807, 2.05) is 66.4 Å². The van der Waals surface area contributed by atoms with E-state index in [4.69, 9.17) is 0 Å². The van der Waals surface area contributed by atoms with E-state index in [0.717, 1.165) is 35.7 Å². The van der Waals surface area contributed by atoms with Crippen LogP contribution in [0.1, 0.15) is 12.0 Å². The monoisotopic (exact) mass is 403 g/mol. The SMILES string of the molecule is Cc1ccccc1NC(=O)N1CCCN(c2ccc(=O)n(-c3ccccc3)n2)CC1. The Balaban J connectivity index is 1.46. The molecule has 0 spiro atoms. The van der Waals surface area contributed by atoms with Crippen molar-refractivity contribution < 1.29 is 4.79 Å². The Morgan fingerprint density at radius 3 is 2.47 bits per heavy atom. The lowest BCUT2D eigenvalue weighted by Crippen LogP contribution is -2.38. The first-order valence-electron chi connectivity index (χ1n) is 10.1. The molecule has 154 valence electrons. The van der Waals surface area contributed by atoms with E-state index in [-0.39, 0.29) is 11.6 Å². The fraction of sp³-hybridized carbons (Fsp3) is 0.261. The Labute approximate surface area is 175 Å². The molecule has 0 bridgehead atoms. The summed E-state index contributed by atoms with van der Waals surface area (Å²) in [6, 6.07) is 20.4. The topological polar surface area (TPSA) is 70.5 Å². The molecule has 30 heavy (non-hydrogen) atoms. The number of benzene rings is 2. The summed E-state index contributed by atoms with van der Waals surface area (Å²) in [5, 5.41) is 7.58. The summed E-state index contributed by atoms with van der Waals surface area (Å²) >= 11 is 0. The zero-order valence-corrected chi connectivity index (χ0v) is 17.0. The van der Waals surface area contributed by atoms with E-state index < -0.39 is 0 Å². The average molecular weight is 403 g/mol. The van der Waals surface area contributed by atoms with Crippen molar-refractivity contribution in [3.63, 3.8) is 0 Å². The maximum absolute atomic E-state index is 12.7. The molecule has 1 aromatic heterocycles. The molecule has 0 aliphatic carbocycles. The van der Waals surface area contributed by atoms with Crippen LogP contribution in [0.15, 0.2) is 71.5 Å². The van der Waals surface area contributed by atoms with Crippen molar-refractivity contribution in [3.8, 4) is 5.69 Å². The minimum atomic E-state index is -0.168. The second kappa shape index (κ2) is 8.82. The summed E-state index contributed by atoms with van der Waals surface area (Å²) in [6.45, 7) is 4.67. The van der Waals surface area contributed by atoms with Gasteiger partial charge in [-0.25, -0.2) is 4.79 Å². The molecule has 7 nitrogen and oxygen atoms in total. The molecule has 1 fully saturated rings. The van der Waals surface area contributed by atoms with Crippen molar-refractivity contribution in [2.24, 2.45) is 0 Å². The predicted molar refractivity (Wildman–Crippen MR) is 118 cm³/mol. The predicted octanol–water partition coefficient (Wildman–Crippen LogP) is 3.29. The third-order valence-electron chi connectivity index (χ3n) is 5.28. The maximum Gasteiger partial charge on any atom is 0.321 e. The number of nitrogens with zero attached hydrogens (tertiary/aromatic N) is 4. The minimum absolute atomic E-state index is 0.0895. The van der Waals surface area contributed by atoms with Gasteiger partial charge in [0, 0.05) is 37.9 Å². The molecule has 1 aliphatic heterocycles. The van der Waals surface area contributed by atoms with Gasteiger partial charge in [0.05, 0.1) is 5.69 Å². The highest BCUT2D eigenvalue weighted by molar-refractivity contribution is 5.90. The standard InChI is InChI=1S/C23H25N5O2/c1-18-8-5-6-11-20(18)24-23(30)27-15-7-14-26(16-17-27)21-12-13-22(29)28(25-21)19-9-3-2-4-10-19/h2-6,8-13H,7,14-17H2,1H3,(H,24,30). The van der Waals surface area contributed by atoms with Crippen LogP contribution in [0.4, 0.5) is 16.3 Å². The van der Waals surface area contributed by atoms with Crippen LogP contribution in [-0.2, 0) is 0 Å². The van der Waals surface area contributed by atoms with Gasteiger partial charge in [0.25, 0.3) is 5.56 Å². The molecular weight excluding hydrogens is 378 g/mol. The highest BCUT2D eigenvalue weighted by Crippen LogP contribution is 2.16. The second-order valence-electron chi connectivity index (χ2n) is 7.35. The van der Waals surface area contributed by atoms with E-state index in [1.165, 1.54) is 4.68 Å². The number of aromatic nitrogens is 2. The smallest absolute Gasteiger partial charge is 0.321 e. The highest BCUT2D eigenvalue weighted by Gasteiger charge is 2.21. The number of carbonyl (C=O) groups excluding carboxylic acids is 1. The molecule has 1 saturated heterocycles. The summed E-state index contributed by atoms with van der Waals surface area (Å²) in [5.74, 6) is 0.736. The Bertz CT molecular complexity index is 1080. The largest absolute Gasteiger partial charge is 0.353 e. The fourth-order valence-electron chi connectivity index (χ4n) is 3.58. The molecule has 2 amide bonds. The third kappa shape index (κ3) is 4.35. The zero-order valence-electron chi connectivity index (χ0n) is 17.0. The van der Waals surface area contributed by atoms with Gasteiger partial charge in [-0.3, -0.25) is 4.79 Å². The highest BCUT2D eigenvalue weighted by atomic mass is 16.2. The van der Waals surface area contributed by atoms with Gasteiger partial charge in [-0.05, 0) is 43.2 Å². The summed E-state index contributed by atoms with van der Waals surface area (Å²) < 4.78 is 1.42. The molecule has 7 heteroatoms. The number of hydrogen-bond donors (Lipinski definition) is 1. The van der Waals surface area contributed by atoms with Crippen LogP contribution in [0.5, 0.6) is 0 Å². The summed E-state index contributed by atoms with van der Waals surface area (Å²) in [4.78, 5) is 29.0. The Hall–Kier alpha value is -3.61. The number of para-hydroxylation sites is 2. The van der Waals surface area contributed by atoms with E-state index in [1.54, 1.807) is 12.1 Å². The number of anilines is 2. The van der Waals surface area contributed by atoms with Crippen LogP contribution in [0.3, 0.4) is 0 Å². The average Bonchev–Trinajstić information content (AvgIpc) is 3.03. The lowest BCUT2D eigenvalue weighted by Gasteiger charge is -2.23. The van der Waals surface area contributed by atoms with E-state index in [0.29, 0.717) is 19.6 Å². The molecule has 2 aromatic carbocycles. The van der Waals surface area contributed by atoms with Crippen LogP contribution in [0, 0.1) is 6.92 Å². The Morgan fingerprint density at radius 1 is 0.900 bits per heavy atom. The molecule has 0 radical (unpaired) electrons. The zero-order chi connectivity index (χ0) is 20.9. The van der Waals surface area contributed by atoms with Crippen molar-refractivity contribution >= 4 is 17.5 Å². The fourth-order valence-corrected chi connectivity index (χ4v) is 3.58. The lowest BCUT2D eigenvalue weighted by molar-refractivity contribution is 0.215. The summed E-state index contributed by atoms with van der Waals surface area (Å²) in [5.41, 5.74) is 2.44. The van der Waals surface area contributed by atoms with Gasteiger partial charge in [0.1, 0.15) is 5.82 Å². The van der Waals surface area contributed by atoms with Gasteiger partial charge < -0.3 is 15.1 Å². The normalized spacial score (nSPS) is 14.3. The van der Waals surface area contributed by atoms with Crippen LogP contribution in [0.2, 0.25) is 0 Å². The van der Waals surface area contributed by atoms with Crippen LogP contribution in [0.25, 0.3) is 5.69 Å². The van der Waals surface area contributed by atoms with E-state index in [2.05, 4.69) is 15.3 Å². The number of nitrogens with one attached hydrogen (secondary N) is 1. The molecule has 0 saturated carbocycles. The second-order valence-corrected chi connectivity index (χ2v) is 7.35. The van der Waals surface area contributed by atoms with Crippen molar-refractivity contribution in [2.45, 2.75) is 13.3 Å². The molecule has 0 unspecified atom stereocenters. The van der Waals surface area contributed by atoms with Gasteiger partial charge in [-0.1, -0.05) is 36.4 Å². The molecule has 1 aliphatic rings. The molecule has 1 N–H and O–H groups in total. The third-order valence-corrected chi connectivity index (χ3v) is 5.28. The minimum Gasteiger partial charge on any atom is -0.353 e. The molecule has 0 atom stereocenters. The number of carbonyl (C=O) groups is 1. The van der Waals surface area contributed by atoms with Crippen molar-refractivity contribution in [1.29, 1.82) is 0 Å². The molecule has 4 rings (SSSR count). The van der Waals surface area contributed by atoms with E-state index in [9.17, 15) is 9.59 Å². The van der Waals surface area contributed by atoms with Crippen molar-refractivity contribution in [1.82, 2.24) is 14.7 Å². The van der Waals surface area contributed by atoms with Gasteiger partial charge in [-0.2, -0.15) is 4.68 Å². The van der Waals surface area contributed by atoms with Crippen molar-refractivity contribution in [3.05, 3.63) is 82.6 Å². The van der Waals surface area contributed by atoms with Gasteiger partial charge in [0.15, 0.2) is 0 Å². The number of rotatable bonds is 3. The number of hydrogen-bond acceptors (Lipinski definition) is 4. The van der Waals surface area contributed by atoms with Gasteiger partial charge >= 0.3 is 6.03 Å². The molecule has 2 heterocycles. The van der Waals surface area contributed by atoms with Crippen LogP contribution < -0.4 is 15.8 Å². The summed E-state index contributed by atoms with van der Waals surface area (Å²) in [6.07, 6.45) is 0.827. The Kier molecular flexibility index (Phi) is 5.79. The number of urea groups is 1.